The quantitative estimate of drug-likeness (QED) is 0.758. The van der Waals surface area contributed by atoms with Crippen molar-refractivity contribution in [2.45, 2.75) is 13.3 Å². The summed E-state index contributed by atoms with van der Waals surface area (Å²) >= 11 is 11.1. The molecule has 88 valence electrons. The highest BCUT2D eigenvalue weighted by Gasteiger charge is 2.34. The molecule has 7 heteroatoms. The Morgan fingerprint density at radius 2 is 1.88 bits per heavy atom. The van der Waals surface area contributed by atoms with Gasteiger partial charge in [0.25, 0.3) is 0 Å². The second kappa shape index (κ2) is 4.51. The largest absolute Gasteiger partial charge is 0.573 e. The highest BCUT2D eigenvalue weighted by Crippen LogP contribution is 2.36. The number of halogens is 5. The Bertz CT molecular complexity index is 429. The van der Waals surface area contributed by atoms with Crippen molar-refractivity contribution in [2.24, 2.45) is 0 Å². The van der Waals surface area contributed by atoms with Crippen LogP contribution >= 0.6 is 23.2 Å². The first-order valence-corrected chi connectivity index (χ1v) is 4.72. The predicted octanol–water partition coefficient (Wildman–Crippen LogP) is 4.09. The number of hydrogen-bond acceptors (Lipinski definition) is 2. The maximum atomic E-state index is 12.0. The lowest BCUT2D eigenvalue weighted by Gasteiger charge is -2.13. The van der Waals surface area contributed by atoms with E-state index < -0.39 is 17.9 Å². The summed E-state index contributed by atoms with van der Waals surface area (Å²) in [5, 5.41) is -0.306. The van der Waals surface area contributed by atoms with E-state index in [-0.39, 0.29) is 15.6 Å². The summed E-state index contributed by atoms with van der Waals surface area (Å²) < 4.78 is 39.8. The van der Waals surface area contributed by atoms with Crippen LogP contribution in [0.4, 0.5) is 13.2 Å². The molecular formula is C9H5Cl2F3O2. The zero-order valence-corrected chi connectivity index (χ0v) is 9.37. The van der Waals surface area contributed by atoms with Gasteiger partial charge in [-0.25, -0.2) is 0 Å². The standard InChI is InChI=1S/C9H5Cl2F3O2/c1-4(15)6-2-5(10)3-7(11)8(6)16-9(12,13)14/h2-3H,1H3. The van der Waals surface area contributed by atoms with Crippen LogP contribution in [0.1, 0.15) is 17.3 Å². The summed E-state index contributed by atoms with van der Waals surface area (Å²) in [6, 6.07) is 2.13. The van der Waals surface area contributed by atoms with Crippen molar-refractivity contribution in [3.05, 3.63) is 27.7 Å². The smallest absolute Gasteiger partial charge is 0.403 e. The predicted molar refractivity (Wildman–Crippen MR) is 53.1 cm³/mol. The Labute approximate surface area is 98.9 Å². The summed E-state index contributed by atoms with van der Waals surface area (Å²) in [5.41, 5.74) is -0.310. The molecule has 0 saturated carbocycles. The van der Waals surface area contributed by atoms with Crippen molar-refractivity contribution in [1.82, 2.24) is 0 Å². The van der Waals surface area contributed by atoms with E-state index >= 15 is 0 Å². The van der Waals surface area contributed by atoms with Gasteiger partial charge in [-0.3, -0.25) is 4.79 Å². The maximum Gasteiger partial charge on any atom is 0.573 e. The number of ether oxygens (including phenoxy) is 1. The van der Waals surface area contributed by atoms with E-state index in [1.54, 1.807) is 0 Å². The third-order valence-electron chi connectivity index (χ3n) is 1.61. The lowest BCUT2D eigenvalue weighted by Crippen LogP contribution is -2.19. The van der Waals surface area contributed by atoms with E-state index in [0.29, 0.717) is 0 Å². The molecule has 1 aromatic carbocycles. The molecule has 1 aromatic rings. The minimum absolute atomic E-state index is 0.0599. The van der Waals surface area contributed by atoms with Crippen LogP contribution in [0.15, 0.2) is 12.1 Å². The van der Waals surface area contributed by atoms with Crippen LogP contribution in [0.3, 0.4) is 0 Å². The fraction of sp³-hybridized carbons (Fsp3) is 0.222. The average molecular weight is 273 g/mol. The minimum Gasteiger partial charge on any atom is -0.403 e. The number of carbonyl (C=O) groups is 1. The summed E-state index contributed by atoms with van der Waals surface area (Å²) in [6.07, 6.45) is -4.92. The van der Waals surface area contributed by atoms with Crippen LogP contribution < -0.4 is 4.74 Å². The van der Waals surface area contributed by atoms with Crippen LogP contribution in [0.2, 0.25) is 10.0 Å². The SMILES string of the molecule is CC(=O)c1cc(Cl)cc(Cl)c1OC(F)(F)F. The number of alkyl halides is 3. The van der Waals surface area contributed by atoms with Gasteiger partial charge in [0.05, 0.1) is 10.6 Å². The molecule has 0 heterocycles. The van der Waals surface area contributed by atoms with Gasteiger partial charge in [-0.2, -0.15) is 0 Å². The van der Waals surface area contributed by atoms with Crippen molar-refractivity contribution < 1.29 is 22.7 Å². The van der Waals surface area contributed by atoms with Gasteiger partial charge in [0, 0.05) is 5.02 Å². The Kier molecular flexibility index (Phi) is 3.70. The molecule has 0 radical (unpaired) electrons. The van der Waals surface area contributed by atoms with Crippen LogP contribution in [0.25, 0.3) is 0 Å². The third kappa shape index (κ3) is 3.28. The molecule has 0 aliphatic carbocycles. The zero-order chi connectivity index (χ0) is 12.5. The number of Topliss-reactive ketones (excluding diaryl/α,β-unsaturated/α-hetero) is 1. The fourth-order valence-electron chi connectivity index (χ4n) is 1.04. The molecule has 0 fully saturated rings. The topological polar surface area (TPSA) is 26.3 Å². The monoisotopic (exact) mass is 272 g/mol. The van der Waals surface area contributed by atoms with Gasteiger partial charge < -0.3 is 4.74 Å². The zero-order valence-electron chi connectivity index (χ0n) is 7.86. The van der Waals surface area contributed by atoms with Crippen molar-refractivity contribution >= 4 is 29.0 Å². The molecule has 0 unspecified atom stereocenters. The fourth-order valence-corrected chi connectivity index (χ4v) is 1.57. The van der Waals surface area contributed by atoms with Crippen molar-refractivity contribution in [1.29, 1.82) is 0 Å². The number of rotatable bonds is 2. The Balaban J connectivity index is 3.30. The number of hydrogen-bond donors (Lipinski definition) is 0. The van der Waals surface area contributed by atoms with E-state index in [1.165, 1.54) is 0 Å². The Morgan fingerprint density at radius 1 is 1.31 bits per heavy atom. The number of benzene rings is 1. The molecule has 0 saturated heterocycles. The number of carbonyl (C=O) groups excluding carboxylic acids is 1. The molecular weight excluding hydrogens is 268 g/mol. The Hall–Kier alpha value is -0.940. The van der Waals surface area contributed by atoms with Gasteiger partial charge in [0.15, 0.2) is 11.5 Å². The molecule has 0 aliphatic heterocycles. The first-order valence-electron chi connectivity index (χ1n) is 3.96. The number of ketones is 1. The van der Waals surface area contributed by atoms with Gasteiger partial charge >= 0.3 is 6.36 Å². The van der Waals surface area contributed by atoms with E-state index in [1.807, 2.05) is 0 Å². The first-order chi connectivity index (χ1) is 7.20. The van der Waals surface area contributed by atoms with E-state index in [0.717, 1.165) is 19.1 Å². The van der Waals surface area contributed by atoms with Crippen molar-refractivity contribution in [2.75, 3.05) is 0 Å². The van der Waals surface area contributed by atoms with Crippen LogP contribution in [0, 0.1) is 0 Å². The van der Waals surface area contributed by atoms with E-state index in [9.17, 15) is 18.0 Å². The van der Waals surface area contributed by atoms with Gasteiger partial charge in [-0.1, -0.05) is 23.2 Å². The third-order valence-corrected chi connectivity index (χ3v) is 2.10. The minimum atomic E-state index is -4.92. The first kappa shape index (κ1) is 13.1. The van der Waals surface area contributed by atoms with Gasteiger partial charge in [0.2, 0.25) is 0 Å². The molecule has 0 aromatic heterocycles. The second-order valence-electron chi connectivity index (χ2n) is 2.87. The van der Waals surface area contributed by atoms with Gasteiger partial charge in [-0.15, -0.1) is 13.2 Å². The molecule has 2 nitrogen and oxygen atoms in total. The molecule has 0 spiro atoms. The van der Waals surface area contributed by atoms with E-state index in [4.69, 9.17) is 23.2 Å². The average Bonchev–Trinajstić information content (AvgIpc) is 2.07. The molecule has 0 atom stereocenters. The lowest BCUT2D eigenvalue weighted by molar-refractivity contribution is -0.274. The Morgan fingerprint density at radius 3 is 2.31 bits per heavy atom. The van der Waals surface area contributed by atoms with E-state index in [2.05, 4.69) is 4.74 Å². The highest BCUT2D eigenvalue weighted by molar-refractivity contribution is 6.36. The summed E-state index contributed by atoms with van der Waals surface area (Å²) in [6.45, 7) is 1.09. The molecule has 16 heavy (non-hydrogen) atoms. The molecule has 1 rings (SSSR count). The van der Waals surface area contributed by atoms with Crippen LogP contribution in [-0.2, 0) is 0 Å². The summed E-state index contributed by atoms with van der Waals surface area (Å²) in [7, 11) is 0. The molecule has 0 aliphatic rings. The van der Waals surface area contributed by atoms with Crippen LogP contribution in [-0.4, -0.2) is 12.1 Å². The molecule has 0 bridgehead atoms. The van der Waals surface area contributed by atoms with Gasteiger partial charge in [-0.05, 0) is 19.1 Å². The molecule has 0 amide bonds. The van der Waals surface area contributed by atoms with Crippen molar-refractivity contribution in [3.63, 3.8) is 0 Å². The molecule has 0 N–H and O–H groups in total. The summed E-state index contributed by atoms with van der Waals surface area (Å²) in [4.78, 5) is 11.1. The highest BCUT2D eigenvalue weighted by atomic mass is 35.5. The normalized spacial score (nSPS) is 11.4. The van der Waals surface area contributed by atoms with Gasteiger partial charge in [0.1, 0.15) is 0 Å². The maximum absolute atomic E-state index is 12.0. The van der Waals surface area contributed by atoms with Crippen LogP contribution in [0.5, 0.6) is 5.75 Å². The van der Waals surface area contributed by atoms with Crippen molar-refractivity contribution in [3.8, 4) is 5.75 Å². The lowest BCUT2D eigenvalue weighted by atomic mass is 10.1. The second-order valence-corrected chi connectivity index (χ2v) is 3.71. The summed E-state index contributed by atoms with van der Waals surface area (Å²) in [5.74, 6) is -1.35.